The number of nitrogens with zero attached hydrogens (tertiary/aromatic N) is 3. The van der Waals surface area contributed by atoms with E-state index < -0.39 is 0 Å². The maximum Gasteiger partial charge on any atom is 0.267 e. The van der Waals surface area contributed by atoms with E-state index in [1.54, 1.807) is 0 Å². The number of aliphatic imine (C=N–C) groups is 1. The molecule has 2 atom stereocenters. The van der Waals surface area contributed by atoms with Crippen LogP contribution in [-0.2, 0) is 4.79 Å². The number of thioether (sulfide) groups is 1. The molecule has 4 nitrogen and oxygen atoms in total. The first-order valence-corrected chi connectivity index (χ1v) is 13.9. The third-order valence-corrected chi connectivity index (χ3v) is 8.84. The van der Waals surface area contributed by atoms with Gasteiger partial charge in [-0.25, -0.2) is 4.99 Å². The highest BCUT2D eigenvalue weighted by Gasteiger charge is 2.41. The van der Waals surface area contributed by atoms with Gasteiger partial charge in [0, 0.05) is 28.1 Å². The van der Waals surface area contributed by atoms with Crippen LogP contribution in [-0.4, -0.2) is 26.6 Å². The van der Waals surface area contributed by atoms with Crippen LogP contribution in [0.4, 0.5) is 5.69 Å². The number of rotatable bonds is 4. The van der Waals surface area contributed by atoms with E-state index in [4.69, 9.17) is 16.6 Å². The molecular formula is C30H32ClN3OS. The Morgan fingerprint density at radius 1 is 1.03 bits per heavy atom. The fourth-order valence-corrected chi connectivity index (χ4v) is 6.64. The molecule has 1 saturated carbocycles. The molecule has 2 heterocycles. The lowest BCUT2D eigenvalue weighted by atomic mass is 9.85. The second kappa shape index (κ2) is 10.3. The van der Waals surface area contributed by atoms with Crippen molar-refractivity contribution in [1.82, 2.24) is 9.47 Å². The Balaban J connectivity index is 1.55. The number of para-hydroxylation sites is 1. The van der Waals surface area contributed by atoms with Crippen LogP contribution in [0.15, 0.2) is 64.5 Å². The first-order valence-electron chi connectivity index (χ1n) is 12.7. The van der Waals surface area contributed by atoms with Gasteiger partial charge in [0.2, 0.25) is 0 Å². The quantitative estimate of drug-likeness (QED) is 0.327. The molecule has 1 aromatic heterocycles. The summed E-state index contributed by atoms with van der Waals surface area (Å²) in [7, 11) is 0. The summed E-state index contributed by atoms with van der Waals surface area (Å²) < 4.78 is 2.22. The summed E-state index contributed by atoms with van der Waals surface area (Å²) in [6.45, 7) is 8.51. The van der Waals surface area contributed by atoms with Crippen LogP contribution in [0.2, 0.25) is 5.02 Å². The number of aromatic nitrogens is 1. The van der Waals surface area contributed by atoms with Crippen LogP contribution < -0.4 is 0 Å². The second-order valence-electron chi connectivity index (χ2n) is 9.89. The van der Waals surface area contributed by atoms with Crippen LogP contribution >= 0.6 is 23.4 Å². The summed E-state index contributed by atoms with van der Waals surface area (Å²) >= 11 is 7.92. The number of hydrogen-bond donors (Lipinski definition) is 0. The SMILES string of the molecule is Cc1c(Cl)cccc1-n1c(C)cc(/C=C2\SC(=Nc3ccccc3)N([C@@H]3CCCC[C@@H]3C)C2=O)c1C. The van der Waals surface area contributed by atoms with E-state index in [1.165, 1.54) is 18.2 Å². The summed E-state index contributed by atoms with van der Waals surface area (Å²) in [4.78, 5) is 21.5. The summed E-state index contributed by atoms with van der Waals surface area (Å²) in [6.07, 6.45) is 6.60. The number of amidine groups is 1. The standard InChI is InChI=1S/C30H32ClN3OS/c1-19-11-8-9-15-26(19)34-29(35)28(36-30(34)32-24-12-6-5-7-13-24)18-23-17-20(2)33(22(23)4)27-16-10-14-25(31)21(27)3/h5-7,10,12-14,16-19,26H,8-9,11,15H2,1-4H3/b28-18-,32-30?/t19-,26+/m0/s1. The predicted molar refractivity (Wildman–Crippen MR) is 152 cm³/mol. The normalized spacial score (nSPS) is 22.7. The van der Waals surface area contributed by atoms with Crippen molar-refractivity contribution in [3.63, 3.8) is 0 Å². The first-order chi connectivity index (χ1) is 17.3. The molecule has 1 aliphatic carbocycles. The van der Waals surface area contributed by atoms with Crippen molar-refractivity contribution < 1.29 is 4.79 Å². The van der Waals surface area contributed by atoms with Crippen LogP contribution in [0.25, 0.3) is 11.8 Å². The van der Waals surface area contributed by atoms with Crippen molar-refractivity contribution in [3.8, 4) is 5.69 Å². The van der Waals surface area contributed by atoms with E-state index in [-0.39, 0.29) is 11.9 Å². The number of carbonyl (C=O) groups excluding carboxylic acids is 1. The van der Waals surface area contributed by atoms with Gasteiger partial charge in [0.05, 0.1) is 10.6 Å². The van der Waals surface area contributed by atoms with Gasteiger partial charge in [-0.2, -0.15) is 0 Å². The Morgan fingerprint density at radius 2 is 1.78 bits per heavy atom. The average molecular weight is 518 g/mol. The molecule has 1 amide bonds. The maximum atomic E-state index is 13.9. The molecule has 1 aliphatic heterocycles. The number of carbonyl (C=O) groups is 1. The van der Waals surface area contributed by atoms with Gasteiger partial charge < -0.3 is 4.57 Å². The van der Waals surface area contributed by atoms with Gasteiger partial charge in [0.15, 0.2) is 5.17 Å². The van der Waals surface area contributed by atoms with Crippen molar-refractivity contribution in [1.29, 1.82) is 0 Å². The number of aryl methyl sites for hydroxylation is 1. The van der Waals surface area contributed by atoms with Gasteiger partial charge >= 0.3 is 0 Å². The van der Waals surface area contributed by atoms with Crippen molar-refractivity contribution >= 4 is 46.2 Å². The number of halogens is 1. The molecule has 0 unspecified atom stereocenters. The summed E-state index contributed by atoms with van der Waals surface area (Å²) in [5.41, 5.74) is 6.22. The largest absolute Gasteiger partial charge is 0.318 e. The highest BCUT2D eigenvalue weighted by atomic mass is 35.5. The fourth-order valence-electron chi connectivity index (χ4n) is 5.43. The Hall–Kier alpha value is -2.76. The lowest BCUT2D eigenvalue weighted by Crippen LogP contribution is -2.44. The zero-order valence-corrected chi connectivity index (χ0v) is 22.9. The second-order valence-corrected chi connectivity index (χ2v) is 11.3. The zero-order chi connectivity index (χ0) is 25.4. The van der Waals surface area contributed by atoms with Crippen LogP contribution in [0.5, 0.6) is 0 Å². The van der Waals surface area contributed by atoms with Gasteiger partial charge in [-0.1, -0.05) is 55.6 Å². The van der Waals surface area contributed by atoms with E-state index in [9.17, 15) is 4.79 Å². The Kier molecular flexibility index (Phi) is 7.14. The van der Waals surface area contributed by atoms with Gasteiger partial charge in [0.1, 0.15) is 0 Å². The third-order valence-electron chi connectivity index (χ3n) is 7.45. The minimum absolute atomic E-state index is 0.0668. The number of amides is 1. The number of hydrogen-bond acceptors (Lipinski definition) is 3. The molecule has 6 heteroatoms. The molecular weight excluding hydrogens is 486 g/mol. The van der Waals surface area contributed by atoms with Gasteiger partial charge in [-0.15, -0.1) is 0 Å². The van der Waals surface area contributed by atoms with Crippen molar-refractivity contribution in [2.24, 2.45) is 10.9 Å². The summed E-state index contributed by atoms with van der Waals surface area (Å²) in [6, 6.07) is 18.3. The highest BCUT2D eigenvalue weighted by Crippen LogP contribution is 2.40. The minimum atomic E-state index is 0.0668. The van der Waals surface area contributed by atoms with Gasteiger partial charge in [-0.3, -0.25) is 9.69 Å². The molecule has 0 radical (unpaired) electrons. The fraction of sp³-hybridized carbons (Fsp3) is 0.333. The summed E-state index contributed by atoms with van der Waals surface area (Å²) in [5, 5.41) is 1.54. The molecule has 3 aromatic rings. The minimum Gasteiger partial charge on any atom is -0.318 e. The van der Waals surface area contributed by atoms with Crippen molar-refractivity contribution in [2.75, 3.05) is 0 Å². The molecule has 2 aliphatic rings. The average Bonchev–Trinajstić information content (AvgIpc) is 3.31. The van der Waals surface area contributed by atoms with Crippen molar-refractivity contribution in [3.05, 3.63) is 87.0 Å². The number of benzene rings is 2. The van der Waals surface area contributed by atoms with E-state index >= 15 is 0 Å². The molecule has 0 bridgehead atoms. The lowest BCUT2D eigenvalue weighted by Gasteiger charge is -2.35. The Labute approximate surface area is 223 Å². The van der Waals surface area contributed by atoms with Gasteiger partial charge in [-0.05, 0) is 98.8 Å². The Bertz CT molecular complexity index is 1360. The van der Waals surface area contributed by atoms with E-state index in [2.05, 4.69) is 37.5 Å². The third kappa shape index (κ3) is 4.67. The van der Waals surface area contributed by atoms with Crippen LogP contribution in [0.1, 0.15) is 55.1 Å². The van der Waals surface area contributed by atoms with Crippen LogP contribution in [0.3, 0.4) is 0 Å². The molecule has 1 saturated heterocycles. The van der Waals surface area contributed by atoms with Crippen molar-refractivity contribution in [2.45, 2.75) is 59.4 Å². The van der Waals surface area contributed by atoms with Gasteiger partial charge in [0.25, 0.3) is 5.91 Å². The Morgan fingerprint density at radius 3 is 2.53 bits per heavy atom. The molecule has 5 rings (SSSR count). The zero-order valence-electron chi connectivity index (χ0n) is 21.3. The molecule has 0 spiro atoms. The molecule has 2 fully saturated rings. The molecule has 186 valence electrons. The molecule has 36 heavy (non-hydrogen) atoms. The monoisotopic (exact) mass is 517 g/mol. The predicted octanol–water partition coefficient (Wildman–Crippen LogP) is 8.24. The lowest BCUT2D eigenvalue weighted by molar-refractivity contribution is -0.124. The first kappa shape index (κ1) is 24.9. The highest BCUT2D eigenvalue weighted by molar-refractivity contribution is 8.18. The van der Waals surface area contributed by atoms with E-state index in [1.807, 2.05) is 60.4 Å². The maximum absolute atomic E-state index is 13.9. The van der Waals surface area contributed by atoms with E-state index in [0.29, 0.717) is 5.92 Å². The molecule has 0 N–H and O–H groups in total. The van der Waals surface area contributed by atoms with E-state index in [0.717, 1.165) is 68.2 Å². The summed E-state index contributed by atoms with van der Waals surface area (Å²) in [5.74, 6) is 0.525. The molecule has 2 aromatic carbocycles. The smallest absolute Gasteiger partial charge is 0.267 e. The van der Waals surface area contributed by atoms with Crippen LogP contribution in [0, 0.1) is 26.7 Å². The topological polar surface area (TPSA) is 37.6 Å².